The van der Waals surface area contributed by atoms with Crippen molar-refractivity contribution >= 4 is 23.9 Å². The summed E-state index contributed by atoms with van der Waals surface area (Å²) >= 11 is 0. The Morgan fingerprint density at radius 1 is 1.30 bits per heavy atom. The molecule has 124 valence electrons. The minimum Gasteiger partial charge on any atom is -0.390 e. The van der Waals surface area contributed by atoms with Crippen LogP contribution in [-0.2, 0) is 6.54 Å². The van der Waals surface area contributed by atoms with Crippen molar-refractivity contribution in [3.05, 3.63) is 24.3 Å². The molecular formula is C16H24N6O. The highest BCUT2D eigenvalue weighted by Gasteiger charge is 2.32. The second-order valence-electron chi connectivity index (χ2n) is 6.44. The van der Waals surface area contributed by atoms with Crippen molar-refractivity contribution in [3.8, 4) is 0 Å². The van der Waals surface area contributed by atoms with Crippen LogP contribution >= 0.6 is 0 Å². The van der Waals surface area contributed by atoms with Crippen LogP contribution in [0.15, 0.2) is 28.6 Å². The van der Waals surface area contributed by atoms with E-state index in [0.29, 0.717) is 41.3 Å². The number of allylic oxidation sites excluding steroid dienone is 1. The molecule has 0 unspecified atom stereocenters. The van der Waals surface area contributed by atoms with Crippen LogP contribution in [0.2, 0.25) is 0 Å². The number of nitrogens with two attached hydrogens (primary N) is 1. The monoisotopic (exact) mass is 316 g/mol. The third-order valence-corrected chi connectivity index (χ3v) is 3.38. The third-order valence-electron chi connectivity index (χ3n) is 3.38. The smallest absolute Gasteiger partial charge is 0.348 e. The predicted octanol–water partition coefficient (Wildman–Crippen LogP) is 2.55. The number of aromatic nitrogens is 2. The third kappa shape index (κ3) is 3.49. The Bertz CT molecular complexity index is 668. The van der Waals surface area contributed by atoms with Crippen molar-refractivity contribution in [2.45, 2.75) is 34.2 Å². The number of aliphatic imine (C=N–C) groups is 2. The first-order chi connectivity index (χ1) is 10.8. The van der Waals surface area contributed by atoms with E-state index in [-0.39, 0.29) is 6.03 Å². The van der Waals surface area contributed by atoms with Gasteiger partial charge in [-0.2, -0.15) is 4.99 Å². The molecule has 2 rings (SSSR count). The first-order valence-corrected chi connectivity index (χ1v) is 7.74. The van der Waals surface area contributed by atoms with Crippen molar-refractivity contribution in [3.63, 3.8) is 0 Å². The number of rotatable bonds is 6. The molecule has 0 bridgehead atoms. The Morgan fingerprint density at radius 2 is 1.96 bits per heavy atom. The summed E-state index contributed by atoms with van der Waals surface area (Å²) < 4.78 is 1.91. The molecule has 0 aromatic carbocycles. The summed E-state index contributed by atoms with van der Waals surface area (Å²) in [5, 5.41) is 0. The lowest BCUT2D eigenvalue weighted by Gasteiger charge is -2.18. The summed E-state index contributed by atoms with van der Waals surface area (Å²) in [7, 11) is 0. The standard InChI is InChI=1S/C16H24N6O/c1-10(2)6-21-9-19-14(15(21)18-8-17)13-12(5)22(7-11(3)4)16(23)20-13/h8-11H,5-7H2,1-4H3,(H2,17,18). The van der Waals surface area contributed by atoms with E-state index < -0.39 is 0 Å². The van der Waals surface area contributed by atoms with Crippen LogP contribution in [0.1, 0.15) is 33.4 Å². The van der Waals surface area contributed by atoms with Crippen LogP contribution in [0.4, 0.5) is 10.6 Å². The van der Waals surface area contributed by atoms with Crippen LogP contribution in [-0.4, -0.2) is 39.1 Å². The fraction of sp³-hybridized carbons (Fsp3) is 0.500. The first-order valence-electron chi connectivity index (χ1n) is 7.74. The second kappa shape index (κ2) is 6.76. The average molecular weight is 316 g/mol. The highest BCUT2D eigenvalue weighted by atomic mass is 16.2. The number of amides is 2. The summed E-state index contributed by atoms with van der Waals surface area (Å²) in [5.41, 5.74) is 7.04. The summed E-state index contributed by atoms with van der Waals surface area (Å²) in [5.74, 6) is 1.35. The molecule has 0 aliphatic carbocycles. The average Bonchev–Trinajstić information content (AvgIpc) is 2.95. The van der Waals surface area contributed by atoms with Gasteiger partial charge < -0.3 is 10.3 Å². The lowest BCUT2D eigenvalue weighted by molar-refractivity contribution is 0.221. The van der Waals surface area contributed by atoms with Crippen LogP contribution in [0, 0.1) is 11.8 Å². The quantitative estimate of drug-likeness (QED) is 0.646. The van der Waals surface area contributed by atoms with Gasteiger partial charge in [-0.05, 0) is 11.8 Å². The van der Waals surface area contributed by atoms with Crippen LogP contribution in [0.3, 0.4) is 0 Å². The Morgan fingerprint density at radius 3 is 2.52 bits per heavy atom. The van der Waals surface area contributed by atoms with Crippen LogP contribution < -0.4 is 5.73 Å². The fourth-order valence-electron chi connectivity index (χ4n) is 2.48. The maximum atomic E-state index is 12.1. The van der Waals surface area contributed by atoms with Gasteiger partial charge in [0.1, 0.15) is 11.4 Å². The van der Waals surface area contributed by atoms with Gasteiger partial charge in [-0.15, -0.1) is 0 Å². The van der Waals surface area contributed by atoms with Crippen molar-refractivity contribution in [2.75, 3.05) is 6.54 Å². The SMILES string of the molecule is C=C1C(c2ncn(CC(C)C)c2/N=C\N)=NC(=O)N1CC(C)C. The highest BCUT2D eigenvalue weighted by molar-refractivity contribution is 6.21. The van der Waals surface area contributed by atoms with Crippen LogP contribution in [0.5, 0.6) is 0 Å². The van der Waals surface area contributed by atoms with E-state index in [2.05, 4.69) is 35.4 Å². The van der Waals surface area contributed by atoms with E-state index in [1.807, 2.05) is 18.4 Å². The highest BCUT2D eigenvalue weighted by Crippen LogP contribution is 2.27. The number of urea groups is 1. The van der Waals surface area contributed by atoms with Gasteiger partial charge in [-0.1, -0.05) is 34.3 Å². The maximum absolute atomic E-state index is 12.1. The number of imidazole rings is 1. The fourth-order valence-corrected chi connectivity index (χ4v) is 2.48. The number of hydrogen-bond acceptors (Lipinski definition) is 3. The van der Waals surface area contributed by atoms with E-state index in [0.717, 1.165) is 6.54 Å². The summed E-state index contributed by atoms with van der Waals surface area (Å²) in [6, 6.07) is -0.306. The van der Waals surface area contributed by atoms with Gasteiger partial charge in [0.2, 0.25) is 0 Å². The van der Waals surface area contributed by atoms with Crippen molar-refractivity contribution in [2.24, 2.45) is 27.6 Å². The molecule has 1 aromatic rings. The number of hydrogen-bond donors (Lipinski definition) is 1. The lowest BCUT2D eigenvalue weighted by atomic mass is 10.1. The molecule has 2 heterocycles. The van der Waals surface area contributed by atoms with Gasteiger partial charge in [0.25, 0.3) is 0 Å². The molecule has 0 spiro atoms. The van der Waals surface area contributed by atoms with Gasteiger partial charge in [-0.3, -0.25) is 4.90 Å². The molecule has 0 fully saturated rings. The summed E-state index contributed by atoms with van der Waals surface area (Å²) in [6.45, 7) is 13.6. The molecule has 0 saturated heterocycles. The lowest BCUT2D eigenvalue weighted by Crippen LogP contribution is -2.28. The van der Waals surface area contributed by atoms with Gasteiger partial charge in [0.05, 0.1) is 18.4 Å². The van der Waals surface area contributed by atoms with Gasteiger partial charge in [0, 0.05) is 13.1 Å². The van der Waals surface area contributed by atoms with Gasteiger partial charge >= 0.3 is 6.03 Å². The van der Waals surface area contributed by atoms with Crippen LogP contribution in [0.25, 0.3) is 0 Å². The Kier molecular flexibility index (Phi) is 4.98. The minimum atomic E-state index is -0.306. The molecule has 0 saturated carbocycles. The maximum Gasteiger partial charge on any atom is 0.348 e. The molecule has 0 radical (unpaired) electrons. The number of carbonyl (C=O) groups is 1. The molecule has 1 aliphatic rings. The van der Waals surface area contributed by atoms with E-state index in [1.165, 1.54) is 6.34 Å². The number of nitrogens with zero attached hydrogens (tertiary/aromatic N) is 5. The molecule has 1 aromatic heterocycles. The van der Waals surface area contributed by atoms with Gasteiger partial charge in [-0.25, -0.2) is 14.8 Å². The predicted molar refractivity (Wildman–Crippen MR) is 92.0 cm³/mol. The Balaban J connectivity index is 2.39. The zero-order chi connectivity index (χ0) is 17.1. The molecule has 23 heavy (non-hydrogen) atoms. The van der Waals surface area contributed by atoms with E-state index >= 15 is 0 Å². The molecule has 2 N–H and O–H groups in total. The zero-order valence-electron chi connectivity index (χ0n) is 14.2. The topological polar surface area (TPSA) is 88.9 Å². The minimum absolute atomic E-state index is 0.306. The normalized spacial score (nSPS) is 15.6. The van der Waals surface area contributed by atoms with Crippen molar-refractivity contribution in [1.29, 1.82) is 0 Å². The Labute approximate surface area is 136 Å². The van der Waals surface area contributed by atoms with Gasteiger partial charge in [0.15, 0.2) is 5.82 Å². The molecule has 0 atom stereocenters. The number of carbonyl (C=O) groups excluding carboxylic acids is 1. The van der Waals surface area contributed by atoms with Crippen molar-refractivity contribution in [1.82, 2.24) is 14.5 Å². The first kappa shape index (κ1) is 16.9. The van der Waals surface area contributed by atoms with Crippen molar-refractivity contribution < 1.29 is 4.79 Å². The summed E-state index contributed by atoms with van der Waals surface area (Å²) in [6.07, 6.45) is 2.92. The second-order valence-corrected chi connectivity index (χ2v) is 6.44. The molecule has 7 nitrogen and oxygen atoms in total. The Hall–Kier alpha value is -2.44. The van der Waals surface area contributed by atoms with E-state index in [4.69, 9.17) is 5.73 Å². The molecule has 7 heteroatoms. The molecule has 2 amide bonds. The summed E-state index contributed by atoms with van der Waals surface area (Å²) in [4.78, 5) is 26.4. The van der Waals surface area contributed by atoms with E-state index in [1.54, 1.807) is 11.2 Å². The zero-order valence-corrected chi connectivity index (χ0v) is 14.2. The largest absolute Gasteiger partial charge is 0.390 e. The van der Waals surface area contributed by atoms with E-state index in [9.17, 15) is 4.79 Å². The molecule has 1 aliphatic heterocycles. The molecular weight excluding hydrogens is 292 g/mol.